The fourth-order valence-corrected chi connectivity index (χ4v) is 2.49. The number of hydrogen-bond donors (Lipinski definition) is 1. The summed E-state index contributed by atoms with van der Waals surface area (Å²) in [5.74, 6) is -0.320. The standard InChI is InChI=1S/C16H22FNO3/c1-16(2,3)21-15(20)18-9-8-13(19)10-14(18)11-4-6-12(17)7-5-11/h4-7,13-14,19H,8-10H2,1-3H3/t13-,14+/m0/s1. The number of nitrogens with zero attached hydrogens (tertiary/aromatic N) is 1. The summed E-state index contributed by atoms with van der Waals surface area (Å²) in [7, 11) is 0. The fraction of sp³-hybridized carbons (Fsp3) is 0.562. The summed E-state index contributed by atoms with van der Waals surface area (Å²) in [5, 5.41) is 9.87. The molecule has 116 valence electrons. The molecule has 1 amide bonds. The van der Waals surface area contributed by atoms with Crippen molar-refractivity contribution in [1.82, 2.24) is 4.90 Å². The van der Waals surface area contributed by atoms with Gasteiger partial charge in [0.05, 0.1) is 12.1 Å². The van der Waals surface area contributed by atoms with Crippen LogP contribution in [0.4, 0.5) is 9.18 Å². The Labute approximate surface area is 124 Å². The Morgan fingerprint density at radius 2 is 1.95 bits per heavy atom. The summed E-state index contributed by atoms with van der Waals surface area (Å²) >= 11 is 0. The second kappa shape index (κ2) is 6.02. The first-order valence-electron chi connectivity index (χ1n) is 7.19. The molecule has 1 aromatic rings. The minimum Gasteiger partial charge on any atom is -0.444 e. The molecule has 1 heterocycles. The zero-order valence-corrected chi connectivity index (χ0v) is 12.7. The van der Waals surface area contributed by atoms with E-state index in [1.807, 2.05) is 20.8 Å². The van der Waals surface area contributed by atoms with E-state index in [0.717, 1.165) is 5.56 Å². The van der Waals surface area contributed by atoms with Gasteiger partial charge in [0.1, 0.15) is 11.4 Å². The topological polar surface area (TPSA) is 49.8 Å². The van der Waals surface area contributed by atoms with Crippen LogP contribution < -0.4 is 0 Å². The number of halogens is 1. The van der Waals surface area contributed by atoms with Gasteiger partial charge in [0, 0.05) is 6.54 Å². The van der Waals surface area contributed by atoms with E-state index in [1.165, 1.54) is 12.1 Å². The minimum absolute atomic E-state index is 0.288. The summed E-state index contributed by atoms with van der Waals surface area (Å²) in [6, 6.07) is 5.74. The van der Waals surface area contributed by atoms with Crippen molar-refractivity contribution in [2.75, 3.05) is 6.54 Å². The molecule has 2 atom stereocenters. The molecule has 2 rings (SSSR count). The molecule has 0 aliphatic carbocycles. The Kier molecular flexibility index (Phi) is 4.52. The minimum atomic E-state index is -0.569. The van der Waals surface area contributed by atoms with Gasteiger partial charge in [0.15, 0.2) is 0 Å². The third kappa shape index (κ3) is 4.17. The monoisotopic (exact) mass is 295 g/mol. The summed E-state index contributed by atoms with van der Waals surface area (Å²) in [4.78, 5) is 13.9. The lowest BCUT2D eigenvalue weighted by molar-refractivity contribution is -0.00843. The maximum atomic E-state index is 13.1. The van der Waals surface area contributed by atoms with Gasteiger partial charge in [-0.05, 0) is 51.3 Å². The highest BCUT2D eigenvalue weighted by Gasteiger charge is 2.34. The molecule has 21 heavy (non-hydrogen) atoms. The number of carbonyl (C=O) groups excluding carboxylic acids is 1. The predicted octanol–water partition coefficient (Wildman–Crippen LogP) is 3.26. The van der Waals surface area contributed by atoms with Crippen molar-refractivity contribution in [3.05, 3.63) is 35.6 Å². The first-order valence-corrected chi connectivity index (χ1v) is 7.19. The lowest BCUT2D eigenvalue weighted by atomic mass is 9.94. The van der Waals surface area contributed by atoms with E-state index < -0.39 is 17.8 Å². The van der Waals surface area contributed by atoms with E-state index in [-0.39, 0.29) is 11.9 Å². The van der Waals surface area contributed by atoms with Crippen LogP contribution >= 0.6 is 0 Å². The third-order valence-corrected chi connectivity index (χ3v) is 3.46. The molecule has 0 radical (unpaired) electrons. The smallest absolute Gasteiger partial charge is 0.410 e. The van der Waals surface area contributed by atoms with Gasteiger partial charge in [-0.2, -0.15) is 0 Å². The second-order valence-electron chi connectivity index (χ2n) is 6.42. The molecule has 1 aromatic carbocycles. The zero-order chi connectivity index (χ0) is 15.6. The summed E-state index contributed by atoms with van der Waals surface area (Å²) < 4.78 is 18.5. The molecule has 0 bridgehead atoms. The quantitative estimate of drug-likeness (QED) is 0.865. The average Bonchev–Trinajstić information content (AvgIpc) is 2.37. The van der Waals surface area contributed by atoms with Crippen LogP contribution in [0.5, 0.6) is 0 Å². The number of aliphatic hydroxyl groups excluding tert-OH is 1. The van der Waals surface area contributed by atoms with Crippen LogP contribution in [-0.4, -0.2) is 34.3 Å². The molecule has 0 saturated carbocycles. The van der Waals surface area contributed by atoms with Gasteiger partial charge < -0.3 is 14.7 Å². The summed E-state index contributed by atoms with van der Waals surface area (Å²) in [6.07, 6.45) is 0.101. The number of likely N-dealkylation sites (tertiary alicyclic amines) is 1. The van der Waals surface area contributed by atoms with E-state index in [2.05, 4.69) is 0 Å². The van der Waals surface area contributed by atoms with Gasteiger partial charge in [-0.15, -0.1) is 0 Å². The van der Waals surface area contributed by atoms with E-state index >= 15 is 0 Å². The van der Waals surface area contributed by atoms with Crippen LogP contribution in [0.3, 0.4) is 0 Å². The van der Waals surface area contributed by atoms with Crippen molar-refractivity contribution in [2.45, 2.75) is 51.4 Å². The van der Waals surface area contributed by atoms with Crippen LogP contribution in [0, 0.1) is 5.82 Å². The highest BCUT2D eigenvalue weighted by atomic mass is 19.1. The number of piperidine rings is 1. The average molecular weight is 295 g/mol. The van der Waals surface area contributed by atoms with Gasteiger partial charge in [-0.25, -0.2) is 9.18 Å². The second-order valence-corrected chi connectivity index (χ2v) is 6.42. The highest BCUT2D eigenvalue weighted by Crippen LogP contribution is 2.32. The molecule has 0 aromatic heterocycles. The lowest BCUT2D eigenvalue weighted by Crippen LogP contribution is -2.44. The van der Waals surface area contributed by atoms with E-state index in [1.54, 1.807) is 17.0 Å². The molecule has 1 aliphatic heterocycles. The van der Waals surface area contributed by atoms with Crippen LogP contribution in [0.15, 0.2) is 24.3 Å². The Hall–Kier alpha value is -1.62. The molecule has 4 nitrogen and oxygen atoms in total. The van der Waals surface area contributed by atoms with Gasteiger partial charge in [0.25, 0.3) is 0 Å². The molecule has 1 aliphatic rings. The first kappa shape index (κ1) is 15.8. The molecule has 1 N–H and O–H groups in total. The van der Waals surface area contributed by atoms with E-state index in [4.69, 9.17) is 4.74 Å². The molecule has 1 fully saturated rings. The largest absolute Gasteiger partial charge is 0.444 e. The lowest BCUT2D eigenvalue weighted by Gasteiger charge is -2.38. The number of carbonyl (C=O) groups is 1. The zero-order valence-electron chi connectivity index (χ0n) is 12.7. The van der Waals surface area contributed by atoms with Gasteiger partial charge in [-0.3, -0.25) is 0 Å². The van der Waals surface area contributed by atoms with Crippen molar-refractivity contribution >= 4 is 6.09 Å². The molecular weight excluding hydrogens is 273 g/mol. The van der Waals surface area contributed by atoms with Crippen molar-refractivity contribution in [3.8, 4) is 0 Å². The Balaban J connectivity index is 2.21. The number of aliphatic hydroxyl groups is 1. The first-order chi connectivity index (χ1) is 9.76. The number of ether oxygens (including phenoxy) is 1. The van der Waals surface area contributed by atoms with Crippen LogP contribution in [-0.2, 0) is 4.74 Å². The van der Waals surface area contributed by atoms with Crippen molar-refractivity contribution < 1.29 is 19.0 Å². The Morgan fingerprint density at radius 1 is 1.33 bits per heavy atom. The fourth-order valence-electron chi connectivity index (χ4n) is 2.49. The number of amides is 1. The SMILES string of the molecule is CC(C)(C)OC(=O)N1CC[C@H](O)C[C@@H]1c1ccc(F)cc1. The normalized spacial score (nSPS) is 23.0. The number of benzene rings is 1. The third-order valence-electron chi connectivity index (χ3n) is 3.46. The van der Waals surface area contributed by atoms with Crippen LogP contribution in [0.25, 0.3) is 0 Å². The van der Waals surface area contributed by atoms with Crippen molar-refractivity contribution in [1.29, 1.82) is 0 Å². The van der Waals surface area contributed by atoms with E-state index in [0.29, 0.717) is 19.4 Å². The van der Waals surface area contributed by atoms with E-state index in [9.17, 15) is 14.3 Å². The Morgan fingerprint density at radius 3 is 2.52 bits per heavy atom. The van der Waals surface area contributed by atoms with Crippen molar-refractivity contribution in [3.63, 3.8) is 0 Å². The Bertz CT molecular complexity index is 495. The summed E-state index contributed by atoms with van der Waals surface area (Å²) in [6.45, 7) is 5.88. The van der Waals surface area contributed by atoms with Crippen LogP contribution in [0.2, 0.25) is 0 Å². The van der Waals surface area contributed by atoms with Gasteiger partial charge >= 0.3 is 6.09 Å². The molecule has 0 spiro atoms. The number of rotatable bonds is 1. The van der Waals surface area contributed by atoms with Crippen LogP contribution in [0.1, 0.15) is 45.2 Å². The maximum Gasteiger partial charge on any atom is 0.410 e. The summed E-state index contributed by atoms with van der Waals surface area (Å²) in [5.41, 5.74) is 0.238. The molecule has 5 heteroatoms. The molecular formula is C16H22FNO3. The van der Waals surface area contributed by atoms with Gasteiger partial charge in [-0.1, -0.05) is 12.1 Å². The van der Waals surface area contributed by atoms with Gasteiger partial charge in [0.2, 0.25) is 0 Å². The maximum absolute atomic E-state index is 13.1. The number of hydrogen-bond acceptors (Lipinski definition) is 3. The highest BCUT2D eigenvalue weighted by molar-refractivity contribution is 5.69. The molecule has 0 unspecified atom stereocenters. The van der Waals surface area contributed by atoms with Crippen molar-refractivity contribution in [2.24, 2.45) is 0 Å². The predicted molar refractivity (Wildman–Crippen MR) is 77.3 cm³/mol. The molecule has 1 saturated heterocycles.